The summed E-state index contributed by atoms with van der Waals surface area (Å²) in [6.07, 6.45) is 2.70. The van der Waals surface area contributed by atoms with Gasteiger partial charge < -0.3 is 4.42 Å². The molecule has 1 atom stereocenters. The third kappa shape index (κ3) is 2.23. The molecule has 0 aliphatic carbocycles. The lowest BCUT2D eigenvalue weighted by Gasteiger charge is -2.03. The van der Waals surface area contributed by atoms with E-state index in [1.807, 2.05) is 12.1 Å². The van der Waals surface area contributed by atoms with E-state index >= 15 is 0 Å². The molecule has 0 radical (unpaired) electrons. The van der Waals surface area contributed by atoms with Crippen LogP contribution in [-0.2, 0) is 6.42 Å². The Morgan fingerprint density at radius 3 is 2.92 bits per heavy atom. The maximum absolute atomic E-state index is 5.30. The lowest BCUT2D eigenvalue weighted by molar-refractivity contribution is 0.507. The van der Waals surface area contributed by atoms with Gasteiger partial charge in [-0.2, -0.15) is 0 Å². The fourth-order valence-corrected chi connectivity index (χ4v) is 2.75. The van der Waals surface area contributed by atoms with Crippen LogP contribution in [0.15, 0.2) is 40.3 Å². The maximum atomic E-state index is 5.30. The normalized spacial score (nSPS) is 13.0. The van der Waals surface area contributed by atoms with Crippen LogP contribution >= 0.6 is 27.3 Å². The van der Waals surface area contributed by atoms with Crippen LogP contribution in [0.2, 0.25) is 0 Å². The summed E-state index contributed by atoms with van der Waals surface area (Å²) in [5.74, 6) is 0.994. The number of hydrogen-bond acceptors (Lipinski definition) is 2. The Bertz CT molecular complexity index is 339. The SMILES string of the molecule is BrC(Cc1cccs1)c1ccco1. The Balaban J connectivity index is 2.04. The molecule has 0 fully saturated rings. The largest absolute Gasteiger partial charge is 0.468 e. The molecular formula is C10H9BrOS. The van der Waals surface area contributed by atoms with Crippen molar-refractivity contribution < 1.29 is 4.42 Å². The van der Waals surface area contributed by atoms with Crippen molar-refractivity contribution in [1.29, 1.82) is 0 Å². The van der Waals surface area contributed by atoms with E-state index in [-0.39, 0.29) is 0 Å². The minimum Gasteiger partial charge on any atom is -0.468 e. The van der Waals surface area contributed by atoms with Crippen molar-refractivity contribution in [1.82, 2.24) is 0 Å². The van der Waals surface area contributed by atoms with Crippen molar-refractivity contribution in [2.24, 2.45) is 0 Å². The van der Waals surface area contributed by atoms with Gasteiger partial charge in [-0.25, -0.2) is 0 Å². The van der Waals surface area contributed by atoms with Gasteiger partial charge in [-0.15, -0.1) is 11.3 Å². The summed E-state index contributed by atoms with van der Waals surface area (Å²) < 4.78 is 5.30. The van der Waals surface area contributed by atoms with Gasteiger partial charge in [0.15, 0.2) is 0 Å². The zero-order valence-corrected chi connectivity index (χ0v) is 9.35. The van der Waals surface area contributed by atoms with Crippen molar-refractivity contribution in [3.8, 4) is 0 Å². The van der Waals surface area contributed by atoms with Crippen LogP contribution < -0.4 is 0 Å². The quantitative estimate of drug-likeness (QED) is 0.757. The predicted molar refractivity (Wildman–Crippen MR) is 58.4 cm³/mol. The number of thiophene rings is 1. The molecule has 0 saturated heterocycles. The third-order valence-corrected chi connectivity index (χ3v) is 3.49. The molecule has 0 aromatic carbocycles. The van der Waals surface area contributed by atoms with Crippen LogP contribution in [-0.4, -0.2) is 0 Å². The highest BCUT2D eigenvalue weighted by Crippen LogP contribution is 2.28. The molecule has 13 heavy (non-hydrogen) atoms. The number of furan rings is 1. The molecular weight excluding hydrogens is 248 g/mol. The maximum Gasteiger partial charge on any atom is 0.117 e. The monoisotopic (exact) mass is 256 g/mol. The summed E-state index contributed by atoms with van der Waals surface area (Å²) in [5, 5.41) is 2.09. The molecule has 68 valence electrons. The van der Waals surface area contributed by atoms with Crippen molar-refractivity contribution in [3.05, 3.63) is 46.5 Å². The summed E-state index contributed by atoms with van der Waals surface area (Å²) in [5.41, 5.74) is 0. The van der Waals surface area contributed by atoms with Crippen LogP contribution in [0.1, 0.15) is 15.5 Å². The van der Waals surface area contributed by atoms with E-state index in [1.54, 1.807) is 17.6 Å². The topological polar surface area (TPSA) is 13.1 Å². The van der Waals surface area contributed by atoms with Crippen LogP contribution in [0.3, 0.4) is 0 Å². The minimum atomic E-state index is 0.293. The summed E-state index contributed by atoms with van der Waals surface area (Å²) in [7, 11) is 0. The van der Waals surface area contributed by atoms with Gasteiger partial charge in [-0.3, -0.25) is 0 Å². The van der Waals surface area contributed by atoms with Gasteiger partial charge >= 0.3 is 0 Å². The number of hydrogen-bond donors (Lipinski definition) is 0. The Kier molecular flexibility index (Phi) is 2.86. The molecule has 0 amide bonds. The molecule has 2 aromatic rings. The average Bonchev–Trinajstić information content (AvgIpc) is 2.74. The zero-order valence-electron chi connectivity index (χ0n) is 6.94. The fraction of sp³-hybridized carbons (Fsp3) is 0.200. The third-order valence-electron chi connectivity index (χ3n) is 1.81. The number of rotatable bonds is 3. The Morgan fingerprint density at radius 1 is 1.38 bits per heavy atom. The van der Waals surface area contributed by atoms with E-state index in [9.17, 15) is 0 Å². The lowest BCUT2D eigenvalue weighted by atomic mass is 10.2. The second-order valence-electron chi connectivity index (χ2n) is 2.77. The van der Waals surface area contributed by atoms with Crippen LogP contribution in [0.25, 0.3) is 0 Å². The van der Waals surface area contributed by atoms with Crippen molar-refractivity contribution >= 4 is 27.3 Å². The number of halogens is 1. The smallest absolute Gasteiger partial charge is 0.117 e. The molecule has 1 unspecified atom stereocenters. The fourth-order valence-electron chi connectivity index (χ4n) is 1.18. The molecule has 0 aliphatic rings. The number of alkyl halides is 1. The molecule has 0 bridgehead atoms. The molecule has 0 spiro atoms. The Morgan fingerprint density at radius 2 is 2.31 bits per heavy atom. The average molecular weight is 257 g/mol. The molecule has 2 aromatic heterocycles. The molecule has 0 aliphatic heterocycles. The van der Waals surface area contributed by atoms with E-state index in [1.165, 1.54) is 4.88 Å². The highest BCUT2D eigenvalue weighted by Gasteiger charge is 2.11. The van der Waals surface area contributed by atoms with Crippen LogP contribution in [0.4, 0.5) is 0 Å². The minimum absolute atomic E-state index is 0.293. The molecule has 3 heteroatoms. The van der Waals surface area contributed by atoms with E-state index in [4.69, 9.17) is 4.42 Å². The Hall–Kier alpha value is -0.540. The lowest BCUT2D eigenvalue weighted by Crippen LogP contribution is -1.90. The van der Waals surface area contributed by atoms with E-state index in [0.717, 1.165) is 12.2 Å². The zero-order chi connectivity index (χ0) is 9.10. The standard InChI is InChI=1S/C10H9BrOS/c11-9(10-4-1-5-12-10)7-8-3-2-6-13-8/h1-6,9H,7H2. The highest BCUT2D eigenvalue weighted by molar-refractivity contribution is 9.09. The second kappa shape index (κ2) is 4.11. The van der Waals surface area contributed by atoms with Gasteiger partial charge in [-0.05, 0) is 23.6 Å². The van der Waals surface area contributed by atoms with E-state index in [2.05, 4.69) is 33.4 Å². The first-order valence-corrected chi connectivity index (χ1v) is 5.85. The van der Waals surface area contributed by atoms with Gasteiger partial charge in [0.2, 0.25) is 0 Å². The van der Waals surface area contributed by atoms with Crippen molar-refractivity contribution in [2.45, 2.75) is 11.2 Å². The van der Waals surface area contributed by atoms with E-state index < -0.39 is 0 Å². The summed E-state index contributed by atoms with van der Waals surface area (Å²) in [6.45, 7) is 0. The second-order valence-corrected chi connectivity index (χ2v) is 4.90. The summed E-state index contributed by atoms with van der Waals surface area (Å²) in [4.78, 5) is 1.67. The van der Waals surface area contributed by atoms with Crippen molar-refractivity contribution in [2.75, 3.05) is 0 Å². The molecule has 2 rings (SSSR count). The van der Waals surface area contributed by atoms with Gasteiger partial charge in [-0.1, -0.05) is 22.0 Å². The van der Waals surface area contributed by atoms with Gasteiger partial charge in [0, 0.05) is 11.3 Å². The van der Waals surface area contributed by atoms with Crippen LogP contribution in [0, 0.1) is 0 Å². The Labute approximate surface area is 89.5 Å². The predicted octanol–water partition coefficient (Wildman–Crippen LogP) is 4.02. The van der Waals surface area contributed by atoms with Gasteiger partial charge in [0.1, 0.15) is 5.76 Å². The molecule has 2 heterocycles. The van der Waals surface area contributed by atoms with Crippen molar-refractivity contribution in [3.63, 3.8) is 0 Å². The molecule has 1 nitrogen and oxygen atoms in total. The van der Waals surface area contributed by atoms with Crippen LogP contribution in [0.5, 0.6) is 0 Å². The van der Waals surface area contributed by atoms with E-state index in [0.29, 0.717) is 4.83 Å². The first-order chi connectivity index (χ1) is 6.36. The first kappa shape index (κ1) is 9.03. The van der Waals surface area contributed by atoms with Gasteiger partial charge in [0.25, 0.3) is 0 Å². The highest BCUT2D eigenvalue weighted by atomic mass is 79.9. The first-order valence-electron chi connectivity index (χ1n) is 4.06. The molecule has 0 saturated carbocycles. The summed E-state index contributed by atoms with van der Waals surface area (Å²) in [6, 6.07) is 8.12. The molecule has 0 N–H and O–H groups in total. The van der Waals surface area contributed by atoms with Gasteiger partial charge in [0.05, 0.1) is 11.1 Å². The summed E-state index contributed by atoms with van der Waals surface area (Å²) >= 11 is 5.38.